The standard InChI is InChI=1S/C18H23FN2O3/c1-11-7-14(5-6-16(11)19)9-20-17(22)21-10-18(4,23)15-8-12(2)24-13(15)3/h5-8,23H,9-10H2,1-4H3,(H2,20,21,22). The van der Waals surface area contributed by atoms with Crippen LogP contribution in [-0.4, -0.2) is 17.7 Å². The zero-order valence-electron chi connectivity index (χ0n) is 14.4. The number of hydrogen-bond acceptors (Lipinski definition) is 3. The van der Waals surface area contributed by atoms with Crippen LogP contribution in [0.4, 0.5) is 9.18 Å². The predicted molar refractivity (Wildman–Crippen MR) is 89.1 cm³/mol. The van der Waals surface area contributed by atoms with Crippen LogP contribution < -0.4 is 10.6 Å². The molecule has 0 aliphatic heterocycles. The van der Waals surface area contributed by atoms with E-state index in [0.29, 0.717) is 22.6 Å². The van der Waals surface area contributed by atoms with Crippen molar-refractivity contribution in [3.8, 4) is 0 Å². The highest BCUT2D eigenvalue weighted by Gasteiger charge is 2.28. The first-order chi connectivity index (χ1) is 11.2. The Morgan fingerprint density at radius 1 is 1.25 bits per heavy atom. The molecule has 0 saturated heterocycles. The summed E-state index contributed by atoms with van der Waals surface area (Å²) in [5.41, 5.74) is 0.751. The first-order valence-corrected chi connectivity index (χ1v) is 7.75. The minimum Gasteiger partial charge on any atom is -0.466 e. The first-order valence-electron chi connectivity index (χ1n) is 7.75. The van der Waals surface area contributed by atoms with Crippen molar-refractivity contribution >= 4 is 6.03 Å². The Kier molecular flexibility index (Phi) is 5.29. The smallest absolute Gasteiger partial charge is 0.315 e. The Hall–Kier alpha value is -2.34. The number of halogens is 1. The molecule has 0 aliphatic carbocycles. The third-order valence-electron chi connectivity index (χ3n) is 3.89. The summed E-state index contributed by atoms with van der Waals surface area (Å²) < 4.78 is 18.6. The summed E-state index contributed by atoms with van der Waals surface area (Å²) in [4.78, 5) is 11.9. The van der Waals surface area contributed by atoms with Crippen molar-refractivity contribution in [1.29, 1.82) is 0 Å². The van der Waals surface area contributed by atoms with Gasteiger partial charge < -0.3 is 20.2 Å². The van der Waals surface area contributed by atoms with Gasteiger partial charge in [-0.3, -0.25) is 0 Å². The first kappa shape index (κ1) is 18.0. The summed E-state index contributed by atoms with van der Waals surface area (Å²) in [6, 6.07) is 6.03. The Morgan fingerprint density at radius 2 is 1.96 bits per heavy atom. The molecule has 0 fully saturated rings. The lowest BCUT2D eigenvalue weighted by molar-refractivity contribution is 0.0579. The van der Waals surface area contributed by atoms with Gasteiger partial charge in [0.1, 0.15) is 22.9 Å². The van der Waals surface area contributed by atoms with Crippen LogP contribution in [0.25, 0.3) is 0 Å². The second-order valence-corrected chi connectivity index (χ2v) is 6.22. The molecule has 1 heterocycles. The molecule has 2 rings (SSSR count). The summed E-state index contributed by atoms with van der Waals surface area (Å²) in [5.74, 6) is 1.06. The number of hydrogen-bond donors (Lipinski definition) is 3. The molecular weight excluding hydrogens is 311 g/mol. The number of furan rings is 1. The molecule has 6 heteroatoms. The summed E-state index contributed by atoms with van der Waals surface area (Å²) in [5, 5.41) is 15.9. The second-order valence-electron chi connectivity index (χ2n) is 6.22. The molecule has 5 nitrogen and oxygen atoms in total. The molecule has 2 aromatic rings. The lowest BCUT2D eigenvalue weighted by Gasteiger charge is -2.23. The van der Waals surface area contributed by atoms with E-state index in [1.165, 1.54) is 6.07 Å². The van der Waals surface area contributed by atoms with Crippen LogP contribution >= 0.6 is 0 Å². The highest BCUT2D eigenvalue weighted by Crippen LogP contribution is 2.26. The molecule has 1 unspecified atom stereocenters. The van der Waals surface area contributed by atoms with Crippen molar-refractivity contribution in [2.24, 2.45) is 0 Å². The number of rotatable bonds is 5. The molecule has 0 aliphatic rings. The molecule has 1 aromatic heterocycles. The van der Waals surface area contributed by atoms with Crippen molar-refractivity contribution in [3.63, 3.8) is 0 Å². The lowest BCUT2D eigenvalue weighted by atomic mass is 9.96. The Bertz CT molecular complexity index is 738. The van der Waals surface area contributed by atoms with Crippen LogP contribution in [0.1, 0.15) is 35.1 Å². The molecule has 1 aromatic carbocycles. The largest absolute Gasteiger partial charge is 0.466 e. The quantitative estimate of drug-likeness (QED) is 0.787. The summed E-state index contributed by atoms with van der Waals surface area (Å²) in [7, 11) is 0. The molecule has 0 spiro atoms. The molecule has 0 radical (unpaired) electrons. The van der Waals surface area contributed by atoms with Gasteiger partial charge in [-0.25, -0.2) is 9.18 Å². The van der Waals surface area contributed by atoms with Crippen molar-refractivity contribution in [1.82, 2.24) is 10.6 Å². The molecule has 130 valence electrons. The number of aryl methyl sites for hydroxylation is 3. The van der Waals surface area contributed by atoms with Gasteiger partial charge in [-0.15, -0.1) is 0 Å². The van der Waals surface area contributed by atoms with E-state index in [0.717, 1.165) is 5.56 Å². The van der Waals surface area contributed by atoms with Gasteiger partial charge in [-0.2, -0.15) is 0 Å². The van der Waals surface area contributed by atoms with Crippen molar-refractivity contribution < 1.29 is 18.7 Å². The molecule has 2 amide bonds. The number of carbonyl (C=O) groups excluding carboxylic acids is 1. The van der Waals surface area contributed by atoms with Crippen molar-refractivity contribution in [2.45, 2.75) is 39.8 Å². The van der Waals surface area contributed by atoms with Gasteiger partial charge in [0.25, 0.3) is 0 Å². The van der Waals surface area contributed by atoms with Crippen molar-refractivity contribution in [3.05, 3.63) is 58.3 Å². The highest BCUT2D eigenvalue weighted by molar-refractivity contribution is 5.73. The second kappa shape index (κ2) is 7.05. The summed E-state index contributed by atoms with van der Waals surface area (Å²) in [6.07, 6.45) is 0. The topological polar surface area (TPSA) is 74.5 Å². The van der Waals surface area contributed by atoms with Crippen LogP contribution in [0, 0.1) is 26.6 Å². The minimum atomic E-state index is -1.23. The third kappa shape index (κ3) is 4.35. The van der Waals surface area contributed by atoms with Crippen LogP contribution in [0.3, 0.4) is 0 Å². The normalized spacial score (nSPS) is 13.4. The zero-order valence-corrected chi connectivity index (χ0v) is 14.4. The molecule has 1 atom stereocenters. The van der Waals surface area contributed by atoms with E-state index >= 15 is 0 Å². The zero-order chi connectivity index (χ0) is 17.9. The van der Waals surface area contributed by atoms with E-state index in [9.17, 15) is 14.3 Å². The van der Waals surface area contributed by atoms with Crippen LogP contribution in [-0.2, 0) is 12.1 Å². The van der Waals surface area contributed by atoms with Gasteiger partial charge >= 0.3 is 6.03 Å². The van der Waals surface area contributed by atoms with Gasteiger partial charge in [0, 0.05) is 12.1 Å². The van der Waals surface area contributed by atoms with E-state index in [-0.39, 0.29) is 18.9 Å². The maximum Gasteiger partial charge on any atom is 0.315 e. The Morgan fingerprint density at radius 3 is 2.54 bits per heavy atom. The monoisotopic (exact) mass is 334 g/mol. The Labute approximate surface area is 140 Å². The van der Waals surface area contributed by atoms with E-state index < -0.39 is 11.6 Å². The minimum absolute atomic E-state index is 0.0428. The number of amides is 2. The van der Waals surface area contributed by atoms with E-state index in [4.69, 9.17) is 4.42 Å². The summed E-state index contributed by atoms with van der Waals surface area (Å²) >= 11 is 0. The highest BCUT2D eigenvalue weighted by atomic mass is 19.1. The number of nitrogens with one attached hydrogen (secondary N) is 2. The fraction of sp³-hybridized carbons (Fsp3) is 0.389. The fourth-order valence-corrected chi connectivity index (χ4v) is 2.57. The van der Waals surface area contributed by atoms with Gasteiger partial charge in [0.2, 0.25) is 0 Å². The maximum atomic E-state index is 13.2. The van der Waals surface area contributed by atoms with E-state index in [1.807, 2.05) is 0 Å². The van der Waals surface area contributed by atoms with E-state index in [2.05, 4.69) is 10.6 Å². The van der Waals surface area contributed by atoms with Crippen LogP contribution in [0.2, 0.25) is 0 Å². The van der Waals surface area contributed by atoms with Crippen molar-refractivity contribution in [2.75, 3.05) is 6.54 Å². The summed E-state index contributed by atoms with van der Waals surface area (Å²) in [6.45, 7) is 7.18. The van der Waals surface area contributed by atoms with E-state index in [1.54, 1.807) is 45.9 Å². The predicted octanol–water partition coefficient (Wildman–Crippen LogP) is 3.05. The number of aliphatic hydroxyl groups is 1. The third-order valence-corrected chi connectivity index (χ3v) is 3.89. The number of carbonyl (C=O) groups is 1. The number of benzene rings is 1. The molecular formula is C18H23FN2O3. The number of urea groups is 1. The maximum absolute atomic E-state index is 13.2. The SMILES string of the molecule is Cc1cc(C(C)(O)CNC(=O)NCc2ccc(F)c(C)c2)c(C)o1. The van der Waals surface area contributed by atoms with Gasteiger partial charge in [-0.05, 0) is 51.0 Å². The molecule has 0 bridgehead atoms. The average molecular weight is 334 g/mol. The lowest BCUT2D eigenvalue weighted by Crippen LogP contribution is -2.43. The van der Waals surface area contributed by atoms with Gasteiger partial charge in [0.05, 0.1) is 6.54 Å². The molecule has 24 heavy (non-hydrogen) atoms. The van der Waals surface area contributed by atoms with Crippen LogP contribution in [0.5, 0.6) is 0 Å². The molecule has 0 saturated carbocycles. The fourth-order valence-electron chi connectivity index (χ4n) is 2.57. The van der Waals surface area contributed by atoms with Gasteiger partial charge in [-0.1, -0.05) is 12.1 Å². The average Bonchev–Trinajstić information content (AvgIpc) is 2.86. The molecule has 3 N–H and O–H groups in total. The Balaban J connectivity index is 1.88. The van der Waals surface area contributed by atoms with Crippen LogP contribution in [0.15, 0.2) is 28.7 Å². The van der Waals surface area contributed by atoms with Gasteiger partial charge in [0.15, 0.2) is 0 Å².